The Kier molecular flexibility index (Phi) is 6.88. The van der Waals surface area contributed by atoms with Gasteiger partial charge in [0.05, 0.1) is 25.5 Å². The van der Waals surface area contributed by atoms with Crippen molar-refractivity contribution >= 4 is 40.9 Å². The maximum Gasteiger partial charge on any atom is 0.305 e. The molecule has 0 bridgehead atoms. The standard InChI is InChI=1S/C17H18N2O8S/c1-26-10-5-9(6-11(27-2)15(10)23)7-12-16(24)19(17(25)28-12)8-13(20)18-4-3-14(21)22/h5-7,23H,3-4,8H2,1-2H3,(H,18,20)(H,21,22)/b12-7-. The number of phenolic OH excluding ortho intramolecular Hbond substituents is 1. The van der Waals surface area contributed by atoms with Crippen LogP contribution < -0.4 is 14.8 Å². The summed E-state index contributed by atoms with van der Waals surface area (Å²) >= 11 is 0.659. The number of hydrogen-bond donors (Lipinski definition) is 3. The summed E-state index contributed by atoms with van der Waals surface area (Å²) in [7, 11) is 2.71. The van der Waals surface area contributed by atoms with E-state index in [9.17, 15) is 24.3 Å². The lowest BCUT2D eigenvalue weighted by Crippen LogP contribution is -2.40. The van der Waals surface area contributed by atoms with E-state index in [-0.39, 0.29) is 35.1 Å². The SMILES string of the molecule is COc1cc(/C=C2\SC(=O)N(CC(=O)NCCC(=O)O)C2=O)cc(OC)c1O. The van der Waals surface area contributed by atoms with E-state index in [1.54, 1.807) is 0 Å². The molecule has 0 atom stereocenters. The van der Waals surface area contributed by atoms with Gasteiger partial charge in [-0.25, -0.2) is 0 Å². The van der Waals surface area contributed by atoms with Crippen LogP contribution in [-0.4, -0.2) is 65.4 Å². The minimum atomic E-state index is -1.07. The molecule has 2 rings (SSSR count). The molecular formula is C17H18N2O8S. The van der Waals surface area contributed by atoms with Crippen molar-refractivity contribution in [1.29, 1.82) is 0 Å². The number of carboxylic acid groups (broad SMARTS) is 1. The zero-order valence-corrected chi connectivity index (χ0v) is 15.9. The van der Waals surface area contributed by atoms with Crippen LogP contribution in [0.25, 0.3) is 6.08 Å². The van der Waals surface area contributed by atoms with Crippen molar-refractivity contribution in [3.63, 3.8) is 0 Å². The number of aromatic hydroxyl groups is 1. The van der Waals surface area contributed by atoms with Gasteiger partial charge in [-0.15, -0.1) is 0 Å². The van der Waals surface area contributed by atoms with Gasteiger partial charge in [0.25, 0.3) is 11.1 Å². The van der Waals surface area contributed by atoms with E-state index < -0.39 is 29.6 Å². The Balaban J connectivity index is 2.14. The summed E-state index contributed by atoms with van der Waals surface area (Å²) in [6.45, 7) is -0.614. The summed E-state index contributed by atoms with van der Waals surface area (Å²) in [6, 6.07) is 2.93. The third-order valence-corrected chi connectivity index (χ3v) is 4.54. The van der Waals surface area contributed by atoms with Gasteiger partial charge in [-0.2, -0.15) is 0 Å². The molecule has 0 spiro atoms. The fraction of sp³-hybridized carbons (Fsp3) is 0.294. The quantitative estimate of drug-likeness (QED) is 0.536. The summed E-state index contributed by atoms with van der Waals surface area (Å²) in [5.41, 5.74) is 0.447. The summed E-state index contributed by atoms with van der Waals surface area (Å²) < 4.78 is 10.1. The van der Waals surface area contributed by atoms with Gasteiger partial charge in [-0.3, -0.25) is 24.1 Å². The number of carboxylic acids is 1. The fourth-order valence-corrected chi connectivity index (χ4v) is 3.13. The number of aliphatic carboxylic acids is 1. The number of ether oxygens (including phenoxy) is 2. The largest absolute Gasteiger partial charge is 0.502 e. The molecule has 0 radical (unpaired) electrons. The number of nitrogens with zero attached hydrogens (tertiary/aromatic N) is 1. The number of imide groups is 1. The minimum Gasteiger partial charge on any atom is -0.502 e. The van der Waals surface area contributed by atoms with Crippen molar-refractivity contribution in [2.45, 2.75) is 6.42 Å². The molecule has 0 saturated carbocycles. The first-order valence-corrected chi connectivity index (χ1v) is 8.77. The molecule has 1 aromatic carbocycles. The summed E-state index contributed by atoms with van der Waals surface area (Å²) in [6.07, 6.45) is 1.15. The van der Waals surface area contributed by atoms with Crippen molar-refractivity contribution in [2.75, 3.05) is 27.3 Å². The number of benzene rings is 1. The Bertz CT molecular complexity index is 827. The lowest BCUT2D eigenvalue weighted by Gasteiger charge is -2.12. The lowest BCUT2D eigenvalue weighted by atomic mass is 10.1. The molecule has 28 heavy (non-hydrogen) atoms. The van der Waals surface area contributed by atoms with Crippen LogP contribution in [0.15, 0.2) is 17.0 Å². The highest BCUT2D eigenvalue weighted by atomic mass is 32.2. The third-order valence-electron chi connectivity index (χ3n) is 3.64. The van der Waals surface area contributed by atoms with Gasteiger partial charge in [0.1, 0.15) is 6.54 Å². The number of rotatable bonds is 8. The van der Waals surface area contributed by atoms with Gasteiger partial charge in [0, 0.05) is 6.54 Å². The molecule has 11 heteroatoms. The number of carbonyl (C=O) groups excluding carboxylic acids is 3. The van der Waals surface area contributed by atoms with E-state index in [1.165, 1.54) is 32.4 Å². The van der Waals surface area contributed by atoms with Crippen LogP contribution in [0.3, 0.4) is 0 Å². The normalized spacial score (nSPS) is 15.1. The first-order valence-electron chi connectivity index (χ1n) is 7.95. The van der Waals surface area contributed by atoms with Gasteiger partial charge in [-0.05, 0) is 35.5 Å². The molecule has 0 aromatic heterocycles. The molecule has 0 unspecified atom stereocenters. The average molecular weight is 410 g/mol. The van der Waals surface area contributed by atoms with Crippen LogP contribution in [0, 0.1) is 0 Å². The zero-order chi connectivity index (χ0) is 20.8. The Morgan fingerprint density at radius 2 is 1.82 bits per heavy atom. The van der Waals surface area contributed by atoms with Crippen LogP contribution in [0.4, 0.5) is 4.79 Å². The molecule has 3 N–H and O–H groups in total. The molecule has 150 valence electrons. The highest BCUT2D eigenvalue weighted by Crippen LogP contribution is 2.39. The topological polar surface area (TPSA) is 142 Å². The maximum atomic E-state index is 12.4. The number of carbonyl (C=O) groups is 4. The number of phenols is 1. The van der Waals surface area contributed by atoms with E-state index in [2.05, 4.69) is 5.32 Å². The Morgan fingerprint density at radius 1 is 1.21 bits per heavy atom. The Hall–Kier alpha value is -3.21. The van der Waals surface area contributed by atoms with E-state index in [1.807, 2.05) is 0 Å². The molecule has 10 nitrogen and oxygen atoms in total. The molecular weight excluding hydrogens is 392 g/mol. The zero-order valence-electron chi connectivity index (χ0n) is 15.1. The first-order chi connectivity index (χ1) is 13.3. The van der Waals surface area contributed by atoms with Crippen LogP contribution in [0.5, 0.6) is 17.2 Å². The van der Waals surface area contributed by atoms with E-state index in [0.717, 1.165) is 4.90 Å². The molecule has 1 aliphatic heterocycles. The number of thioether (sulfide) groups is 1. The molecule has 3 amide bonds. The fourth-order valence-electron chi connectivity index (χ4n) is 2.29. The van der Waals surface area contributed by atoms with Gasteiger partial charge in [-0.1, -0.05) is 0 Å². The second kappa shape index (κ2) is 9.13. The van der Waals surface area contributed by atoms with Gasteiger partial charge < -0.3 is 25.0 Å². The lowest BCUT2D eigenvalue weighted by molar-refractivity contribution is -0.137. The van der Waals surface area contributed by atoms with Crippen molar-refractivity contribution in [2.24, 2.45) is 0 Å². The van der Waals surface area contributed by atoms with E-state index >= 15 is 0 Å². The monoisotopic (exact) mass is 410 g/mol. The molecule has 0 aliphatic carbocycles. The third kappa shape index (κ3) is 4.94. The maximum absolute atomic E-state index is 12.4. The van der Waals surface area contributed by atoms with Crippen LogP contribution in [0.1, 0.15) is 12.0 Å². The summed E-state index contributed by atoms with van der Waals surface area (Å²) in [4.78, 5) is 47.6. The van der Waals surface area contributed by atoms with Crippen molar-refractivity contribution < 1.29 is 38.9 Å². The highest BCUT2D eigenvalue weighted by molar-refractivity contribution is 8.18. The molecule has 1 saturated heterocycles. The van der Waals surface area contributed by atoms with Gasteiger partial charge in [0.2, 0.25) is 11.7 Å². The second-order valence-electron chi connectivity index (χ2n) is 5.54. The van der Waals surface area contributed by atoms with Crippen LogP contribution in [0.2, 0.25) is 0 Å². The molecule has 1 aliphatic rings. The van der Waals surface area contributed by atoms with Crippen molar-refractivity contribution in [1.82, 2.24) is 10.2 Å². The Labute approximate surface area is 164 Å². The number of methoxy groups -OCH3 is 2. The van der Waals surface area contributed by atoms with Crippen LogP contribution in [-0.2, 0) is 14.4 Å². The van der Waals surface area contributed by atoms with Gasteiger partial charge >= 0.3 is 5.97 Å². The van der Waals surface area contributed by atoms with Crippen molar-refractivity contribution in [3.8, 4) is 17.2 Å². The molecule has 1 fully saturated rings. The predicted octanol–water partition coefficient (Wildman–Crippen LogP) is 1.04. The number of nitrogens with one attached hydrogen (secondary N) is 1. The molecule has 1 heterocycles. The van der Waals surface area contributed by atoms with E-state index in [4.69, 9.17) is 14.6 Å². The highest BCUT2D eigenvalue weighted by Gasteiger charge is 2.36. The summed E-state index contributed by atoms with van der Waals surface area (Å²) in [5.74, 6) is -2.32. The second-order valence-corrected chi connectivity index (χ2v) is 6.53. The van der Waals surface area contributed by atoms with Gasteiger partial charge in [0.15, 0.2) is 11.5 Å². The average Bonchev–Trinajstić information content (AvgIpc) is 2.90. The number of hydrogen-bond acceptors (Lipinski definition) is 8. The predicted molar refractivity (Wildman–Crippen MR) is 99.2 cm³/mol. The number of amides is 3. The first kappa shape index (κ1) is 21.1. The summed E-state index contributed by atoms with van der Waals surface area (Å²) in [5, 5.41) is 20.2. The minimum absolute atomic E-state index is 0.0816. The van der Waals surface area contributed by atoms with E-state index in [0.29, 0.717) is 17.3 Å². The van der Waals surface area contributed by atoms with Crippen LogP contribution >= 0.6 is 11.8 Å². The Morgan fingerprint density at radius 3 is 2.36 bits per heavy atom. The molecule has 1 aromatic rings. The smallest absolute Gasteiger partial charge is 0.305 e. The van der Waals surface area contributed by atoms with Crippen molar-refractivity contribution in [3.05, 3.63) is 22.6 Å².